The highest BCUT2D eigenvalue weighted by Crippen LogP contribution is 2.30. The number of para-hydroxylation sites is 2. The van der Waals surface area contributed by atoms with Crippen LogP contribution in [0.3, 0.4) is 0 Å². The van der Waals surface area contributed by atoms with E-state index in [4.69, 9.17) is 0 Å². The van der Waals surface area contributed by atoms with E-state index in [0.717, 1.165) is 35.1 Å². The molecule has 0 radical (unpaired) electrons. The zero-order chi connectivity index (χ0) is 17.2. The smallest absolute Gasteiger partial charge is 0.123 e. The van der Waals surface area contributed by atoms with Crippen LogP contribution in [0, 0.1) is 5.82 Å². The fraction of sp³-hybridized carbons (Fsp3) is 0.300. The van der Waals surface area contributed by atoms with Crippen molar-refractivity contribution >= 4 is 11.0 Å². The number of hydrogen-bond acceptors (Lipinski definition) is 4. The Balaban J connectivity index is 1.49. The maximum Gasteiger partial charge on any atom is 0.123 e. The fourth-order valence-corrected chi connectivity index (χ4v) is 3.07. The molecule has 0 bridgehead atoms. The lowest BCUT2D eigenvalue weighted by Crippen LogP contribution is -2.30. The molecule has 4 nitrogen and oxygen atoms in total. The number of aliphatic hydroxyl groups excluding tert-OH is 1. The molecule has 3 aromatic rings. The van der Waals surface area contributed by atoms with E-state index in [9.17, 15) is 9.50 Å². The summed E-state index contributed by atoms with van der Waals surface area (Å²) in [6.45, 7) is 1.16. The molecule has 1 heterocycles. The van der Waals surface area contributed by atoms with Gasteiger partial charge in [0.25, 0.3) is 0 Å². The summed E-state index contributed by atoms with van der Waals surface area (Å²) in [5.74, 6) is -0.290. The van der Waals surface area contributed by atoms with Crippen molar-refractivity contribution in [2.45, 2.75) is 31.5 Å². The van der Waals surface area contributed by atoms with Crippen molar-refractivity contribution < 1.29 is 9.50 Å². The summed E-state index contributed by atoms with van der Waals surface area (Å²) in [4.78, 5) is 11.4. The van der Waals surface area contributed by atoms with Crippen molar-refractivity contribution in [3.63, 3.8) is 0 Å². The van der Waals surface area contributed by atoms with Crippen molar-refractivity contribution in [1.29, 1.82) is 0 Å². The number of nitrogens with zero attached hydrogens (tertiary/aromatic N) is 3. The Hall–Kier alpha value is -2.37. The lowest BCUT2D eigenvalue weighted by molar-refractivity contribution is 0.104. The Morgan fingerprint density at radius 2 is 1.80 bits per heavy atom. The number of halogens is 1. The van der Waals surface area contributed by atoms with Gasteiger partial charge in [-0.05, 0) is 42.7 Å². The Morgan fingerprint density at radius 3 is 2.52 bits per heavy atom. The average molecular weight is 337 g/mol. The van der Waals surface area contributed by atoms with Crippen LogP contribution in [0.15, 0.2) is 54.7 Å². The predicted molar refractivity (Wildman–Crippen MR) is 94.3 cm³/mol. The number of fused-ring (bicyclic) bond motifs is 1. The number of aromatic nitrogens is 2. The normalized spacial score (nSPS) is 15.6. The summed E-state index contributed by atoms with van der Waals surface area (Å²) in [5.41, 5.74) is 3.40. The highest BCUT2D eigenvalue weighted by molar-refractivity contribution is 5.73. The van der Waals surface area contributed by atoms with Gasteiger partial charge in [0.15, 0.2) is 0 Å². The van der Waals surface area contributed by atoms with E-state index in [1.165, 1.54) is 12.1 Å². The van der Waals surface area contributed by atoms with Gasteiger partial charge >= 0.3 is 0 Å². The Bertz CT molecular complexity index is 864. The molecule has 1 atom stereocenters. The monoisotopic (exact) mass is 337 g/mol. The summed E-state index contributed by atoms with van der Waals surface area (Å²) >= 11 is 0. The van der Waals surface area contributed by atoms with Crippen LogP contribution in [-0.2, 0) is 6.54 Å². The Morgan fingerprint density at radius 1 is 1.08 bits per heavy atom. The van der Waals surface area contributed by atoms with Gasteiger partial charge in [0, 0.05) is 19.1 Å². The first-order valence-corrected chi connectivity index (χ1v) is 8.57. The number of rotatable bonds is 6. The minimum absolute atomic E-state index is 0.290. The fourth-order valence-electron chi connectivity index (χ4n) is 3.07. The largest absolute Gasteiger partial charge is 0.387 e. The third kappa shape index (κ3) is 3.83. The van der Waals surface area contributed by atoms with E-state index in [2.05, 4.69) is 14.9 Å². The predicted octanol–water partition coefficient (Wildman–Crippen LogP) is 3.47. The van der Waals surface area contributed by atoms with E-state index >= 15 is 0 Å². The second-order valence-electron chi connectivity index (χ2n) is 6.58. The summed E-state index contributed by atoms with van der Waals surface area (Å²) in [5, 5.41) is 10.5. The molecule has 1 aliphatic rings. The van der Waals surface area contributed by atoms with Gasteiger partial charge in [0.1, 0.15) is 5.82 Å². The maximum atomic E-state index is 13.1. The first-order valence-electron chi connectivity index (χ1n) is 8.57. The molecular weight excluding hydrogens is 317 g/mol. The molecule has 128 valence electrons. The second kappa shape index (κ2) is 6.86. The van der Waals surface area contributed by atoms with E-state index in [0.29, 0.717) is 19.1 Å². The van der Waals surface area contributed by atoms with Gasteiger partial charge in [-0.3, -0.25) is 9.88 Å². The van der Waals surface area contributed by atoms with Crippen LogP contribution >= 0.6 is 0 Å². The highest BCUT2D eigenvalue weighted by atomic mass is 19.1. The highest BCUT2D eigenvalue weighted by Gasteiger charge is 2.31. The summed E-state index contributed by atoms with van der Waals surface area (Å²) in [6, 6.07) is 14.3. The number of benzene rings is 2. The van der Waals surface area contributed by atoms with Gasteiger partial charge in [0.2, 0.25) is 0 Å². The van der Waals surface area contributed by atoms with Gasteiger partial charge < -0.3 is 5.11 Å². The molecule has 0 aliphatic heterocycles. The molecule has 25 heavy (non-hydrogen) atoms. The van der Waals surface area contributed by atoms with Gasteiger partial charge in [-0.15, -0.1) is 0 Å². The summed E-state index contributed by atoms with van der Waals surface area (Å²) in [7, 11) is 0. The minimum atomic E-state index is -0.644. The van der Waals surface area contributed by atoms with Crippen LogP contribution in [0.2, 0.25) is 0 Å². The van der Waals surface area contributed by atoms with Crippen molar-refractivity contribution in [2.24, 2.45) is 0 Å². The molecule has 0 saturated heterocycles. The van der Waals surface area contributed by atoms with Crippen LogP contribution in [0.25, 0.3) is 11.0 Å². The average Bonchev–Trinajstić information content (AvgIpc) is 3.47. The maximum absolute atomic E-state index is 13.1. The van der Waals surface area contributed by atoms with Crippen molar-refractivity contribution in [1.82, 2.24) is 14.9 Å². The zero-order valence-corrected chi connectivity index (χ0v) is 13.8. The molecule has 0 spiro atoms. The zero-order valence-electron chi connectivity index (χ0n) is 13.8. The molecule has 4 rings (SSSR count). The SMILES string of the molecule is OC(CN(Cc1cnc2ccccc2n1)C1CC1)c1ccc(F)cc1. The lowest BCUT2D eigenvalue weighted by Gasteiger charge is -2.24. The molecule has 5 heteroatoms. The molecule has 1 aromatic heterocycles. The van der Waals surface area contributed by atoms with E-state index in [-0.39, 0.29) is 5.82 Å². The van der Waals surface area contributed by atoms with Gasteiger partial charge in [-0.1, -0.05) is 24.3 Å². The second-order valence-corrected chi connectivity index (χ2v) is 6.58. The summed E-state index contributed by atoms with van der Waals surface area (Å²) in [6.07, 6.45) is 3.44. The first-order chi connectivity index (χ1) is 12.2. The van der Waals surface area contributed by atoms with Crippen LogP contribution in [0.1, 0.15) is 30.2 Å². The molecule has 1 fully saturated rings. The Labute approximate surface area is 146 Å². The standard InChI is InChI=1S/C20H20FN3O/c21-15-7-5-14(6-8-15)20(25)13-24(17-9-10-17)12-16-11-22-18-3-1-2-4-19(18)23-16/h1-8,11,17,20,25H,9-10,12-13H2. The Kier molecular flexibility index (Phi) is 4.42. The molecule has 1 saturated carbocycles. The molecule has 1 unspecified atom stereocenters. The van der Waals surface area contributed by atoms with E-state index in [1.807, 2.05) is 30.5 Å². The van der Waals surface area contributed by atoms with E-state index in [1.54, 1.807) is 12.1 Å². The molecular formula is C20H20FN3O. The van der Waals surface area contributed by atoms with Gasteiger partial charge in [-0.2, -0.15) is 0 Å². The van der Waals surface area contributed by atoms with Gasteiger partial charge in [0.05, 0.1) is 29.0 Å². The number of aliphatic hydroxyl groups is 1. The third-order valence-electron chi connectivity index (χ3n) is 4.59. The van der Waals surface area contributed by atoms with Crippen molar-refractivity contribution in [3.05, 3.63) is 71.8 Å². The molecule has 1 aliphatic carbocycles. The van der Waals surface area contributed by atoms with Crippen LogP contribution < -0.4 is 0 Å². The molecule has 0 amide bonds. The van der Waals surface area contributed by atoms with Crippen LogP contribution in [-0.4, -0.2) is 32.6 Å². The summed E-state index contributed by atoms with van der Waals surface area (Å²) < 4.78 is 13.1. The third-order valence-corrected chi connectivity index (χ3v) is 4.59. The van der Waals surface area contributed by atoms with E-state index < -0.39 is 6.10 Å². The van der Waals surface area contributed by atoms with Crippen molar-refractivity contribution in [2.75, 3.05) is 6.54 Å². The van der Waals surface area contributed by atoms with Gasteiger partial charge in [-0.25, -0.2) is 9.37 Å². The number of hydrogen-bond donors (Lipinski definition) is 1. The van der Waals surface area contributed by atoms with Crippen molar-refractivity contribution in [3.8, 4) is 0 Å². The van der Waals surface area contributed by atoms with Crippen LogP contribution in [0.5, 0.6) is 0 Å². The quantitative estimate of drug-likeness (QED) is 0.748. The lowest BCUT2D eigenvalue weighted by atomic mass is 10.1. The molecule has 2 aromatic carbocycles. The first kappa shape index (κ1) is 16.1. The topological polar surface area (TPSA) is 49.2 Å². The van der Waals surface area contributed by atoms with Crippen LogP contribution in [0.4, 0.5) is 4.39 Å². The molecule has 1 N–H and O–H groups in total. The minimum Gasteiger partial charge on any atom is -0.387 e.